The van der Waals surface area contributed by atoms with Crippen LogP contribution in [0.2, 0.25) is 0 Å². The van der Waals surface area contributed by atoms with E-state index in [1.54, 1.807) is 0 Å². The molecule has 0 bridgehead atoms. The van der Waals surface area contributed by atoms with Gasteiger partial charge < -0.3 is 10.6 Å². The van der Waals surface area contributed by atoms with Crippen molar-refractivity contribution in [2.24, 2.45) is 0 Å². The van der Waals surface area contributed by atoms with Crippen LogP contribution in [0.15, 0.2) is 47.7 Å². The molecule has 0 saturated carbocycles. The van der Waals surface area contributed by atoms with Crippen molar-refractivity contribution in [1.29, 1.82) is 0 Å². The minimum absolute atomic E-state index is 0.0265. The number of benzene rings is 1. The van der Waals surface area contributed by atoms with Crippen LogP contribution >= 0.6 is 0 Å². The third kappa shape index (κ3) is 6.76. The van der Waals surface area contributed by atoms with Crippen molar-refractivity contribution in [2.75, 3.05) is 19.1 Å². The summed E-state index contributed by atoms with van der Waals surface area (Å²) in [5.74, 6) is -2.44. The third-order valence-electron chi connectivity index (χ3n) is 5.25. The number of amides is 2. The molecule has 184 valence electrons. The molecule has 1 aliphatic carbocycles. The molecular weight excluding hydrogens is 476 g/mol. The van der Waals surface area contributed by atoms with Crippen LogP contribution in [0, 0.1) is 0 Å². The molecule has 2 rings (SSSR count). The van der Waals surface area contributed by atoms with Gasteiger partial charge in [0.2, 0.25) is 10.0 Å². The van der Waals surface area contributed by atoms with E-state index >= 15 is 0 Å². The zero-order valence-corrected chi connectivity index (χ0v) is 20.8. The number of carbonyl (C=O) groups is 1. The van der Waals surface area contributed by atoms with Gasteiger partial charge in [0.05, 0.1) is 12.0 Å². The largest absolute Gasteiger partial charge is 0.336 e. The number of urea groups is 1. The molecule has 2 amide bonds. The van der Waals surface area contributed by atoms with Crippen LogP contribution in [-0.4, -0.2) is 46.7 Å². The number of sulfone groups is 1. The predicted octanol–water partition coefficient (Wildman–Crippen LogP) is 2.55. The molecule has 0 saturated heterocycles. The summed E-state index contributed by atoms with van der Waals surface area (Å²) in [6, 6.07) is 6.80. The second-order valence-corrected chi connectivity index (χ2v) is 13.2. The van der Waals surface area contributed by atoms with Gasteiger partial charge in [0.1, 0.15) is 16.4 Å². The van der Waals surface area contributed by atoms with Gasteiger partial charge in [-0.25, -0.2) is 30.4 Å². The lowest BCUT2D eigenvalue weighted by molar-refractivity contribution is 0.238. The van der Waals surface area contributed by atoms with Crippen LogP contribution in [0.3, 0.4) is 0 Å². The number of halogens is 2. The summed E-state index contributed by atoms with van der Waals surface area (Å²) < 4.78 is 76.3. The van der Waals surface area contributed by atoms with E-state index in [0.29, 0.717) is 6.08 Å². The number of carbonyl (C=O) groups excluding carboxylic acids is 1. The fourth-order valence-electron chi connectivity index (χ4n) is 3.23. The number of rotatable bonds is 7. The molecule has 1 unspecified atom stereocenters. The summed E-state index contributed by atoms with van der Waals surface area (Å²) in [6.07, 6.45) is 0.983. The lowest BCUT2D eigenvalue weighted by atomic mass is 9.87. The van der Waals surface area contributed by atoms with Gasteiger partial charge in [-0.05, 0) is 22.6 Å². The monoisotopic (exact) mass is 505 g/mol. The molecule has 1 aliphatic rings. The van der Waals surface area contributed by atoms with Crippen molar-refractivity contribution < 1.29 is 30.4 Å². The van der Waals surface area contributed by atoms with Crippen LogP contribution < -0.4 is 15.4 Å². The summed E-state index contributed by atoms with van der Waals surface area (Å²) in [4.78, 5) is 12.2. The van der Waals surface area contributed by atoms with Crippen LogP contribution in [0.25, 0.3) is 0 Å². The second-order valence-electron chi connectivity index (χ2n) is 9.11. The zero-order valence-electron chi connectivity index (χ0n) is 19.1. The molecule has 1 atom stereocenters. The first kappa shape index (κ1) is 26.8. The minimum Gasteiger partial charge on any atom is -0.336 e. The molecule has 0 aromatic heterocycles. The molecule has 0 aliphatic heterocycles. The second kappa shape index (κ2) is 9.41. The average molecular weight is 506 g/mol. The molecule has 3 N–H and O–H groups in total. The van der Waals surface area contributed by atoms with Gasteiger partial charge in [0.25, 0.3) is 0 Å². The first-order valence-electron chi connectivity index (χ1n) is 9.99. The SMILES string of the molecule is CC(C)(C)c1ccc(CNC(=O)NCC2(S(C)(=O)=O)CC(F)=C(NS(C)(=O)=O)C=C2F)cc1. The Balaban J connectivity index is 2.10. The van der Waals surface area contributed by atoms with Crippen molar-refractivity contribution in [3.05, 3.63) is 58.8 Å². The number of hydrogen-bond donors (Lipinski definition) is 3. The maximum absolute atomic E-state index is 14.9. The van der Waals surface area contributed by atoms with Gasteiger partial charge in [-0.2, -0.15) is 0 Å². The smallest absolute Gasteiger partial charge is 0.315 e. The Morgan fingerprint density at radius 1 is 1.03 bits per heavy atom. The van der Waals surface area contributed by atoms with Crippen LogP contribution in [-0.2, 0) is 31.8 Å². The van der Waals surface area contributed by atoms with Gasteiger partial charge in [-0.1, -0.05) is 45.0 Å². The highest BCUT2D eigenvalue weighted by Gasteiger charge is 2.49. The molecule has 8 nitrogen and oxygen atoms in total. The number of hydrogen-bond acceptors (Lipinski definition) is 5. The predicted molar refractivity (Wildman–Crippen MR) is 123 cm³/mol. The quantitative estimate of drug-likeness (QED) is 0.526. The first-order valence-corrected chi connectivity index (χ1v) is 13.8. The van der Waals surface area contributed by atoms with Crippen LogP contribution in [0.4, 0.5) is 13.6 Å². The van der Waals surface area contributed by atoms with E-state index in [1.165, 1.54) is 0 Å². The molecule has 0 radical (unpaired) electrons. The van der Waals surface area contributed by atoms with E-state index in [4.69, 9.17) is 0 Å². The Kier molecular flexibility index (Phi) is 7.64. The Labute approximate surface area is 193 Å². The standard InChI is InChI=1S/C21H29F2N3O5S2/c1-20(2,3)15-8-6-14(7-9-15)12-24-19(27)25-13-21(32(4,28)29)11-16(22)17(10-18(21)23)26-33(5,30)31/h6-10,26H,11-13H2,1-5H3,(H2,24,25,27). The molecule has 0 spiro atoms. The van der Waals surface area contributed by atoms with Gasteiger partial charge in [-0.3, -0.25) is 4.72 Å². The van der Waals surface area contributed by atoms with E-state index < -0.39 is 61.0 Å². The molecule has 1 aromatic rings. The molecule has 0 fully saturated rings. The van der Waals surface area contributed by atoms with Crippen molar-refractivity contribution >= 4 is 25.9 Å². The lowest BCUT2D eigenvalue weighted by Crippen LogP contribution is -2.52. The van der Waals surface area contributed by atoms with E-state index in [2.05, 4.69) is 31.4 Å². The number of nitrogens with one attached hydrogen (secondary N) is 3. The minimum atomic E-state index is -4.26. The summed E-state index contributed by atoms with van der Waals surface area (Å²) in [5.41, 5.74) is 1.20. The summed E-state index contributed by atoms with van der Waals surface area (Å²) in [5, 5.41) is 4.83. The average Bonchev–Trinajstić information content (AvgIpc) is 2.65. The summed E-state index contributed by atoms with van der Waals surface area (Å²) in [7, 11) is -8.17. The van der Waals surface area contributed by atoms with Crippen molar-refractivity contribution in [3.63, 3.8) is 0 Å². The van der Waals surface area contributed by atoms with E-state index in [1.807, 2.05) is 29.0 Å². The highest BCUT2D eigenvalue weighted by molar-refractivity contribution is 7.92. The van der Waals surface area contributed by atoms with Crippen LogP contribution in [0.1, 0.15) is 38.3 Å². The van der Waals surface area contributed by atoms with Gasteiger partial charge in [0.15, 0.2) is 9.84 Å². The maximum Gasteiger partial charge on any atom is 0.315 e. The number of sulfonamides is 1. The molecule has 12 heteroatoms. The van der Waals surface area contributed by atoms with E-state index in [-0.39, 0.29) is 12.0 Å². The zero-order chi connectivity index (χ0) is 25.2. The summed E-state index contributed by atoms with van der Waals surface area (Å²) in [6.45, 7) is 5.60. The Morgan fingerprint density at radius 2 is 1.61 bits per heavy atom. The molecular formula is C21H29F2N3O5S2. The van der Waals surface area contributed by atoms with Gasteiger partial charge >= 0.3 is 6.03 Å². The molecule has 0 heterocycles. The highest BCUT2D eigenvalue weighted by Crippen LogP contribution is 2.39. The first-order chi connectivity index (χ1) is 14.9. The van der Waals surface area contributed by atoms with Crippen LogP contribution in [0.5, 0.6) is 0 Å². The Morgan fingerprint density at radius 3 is 2.09 bits per heavy atom. The highest BCUT2D eigenvalue weighted by atomic mass is 32.2. The maximum atomic E-state index is 14.9. The van der Waals surface area contributed by atoms with Crippen molar-refractivity contribution in [3.8, 4) is 0 Å². The molecule has 33 heavy (non-hydrogen) atoms. The third-order valence-corrected chi connectivity index (χ3v) is 7.75. The van der Waals surface area contributed by atoms with Gasteiger partial charge in [-0.15, -0.1) is 0 Å². The topological polar surface area (TPSA) is 121 Å². The fraction of sp³-hybridized carbons (Fsp3) is 0.476. The molecule has 1 aromatic carbocycles. The van der Waals surface area contributed by atoms with E-state index in [9.17, 15) is 30.4 Å². The normalized spacial score (nSPS) is 19.7. The van der Waals surface area contributed by atoms with Crippen molar-refractivity contribution in [1.82, 2.24) is 15.4 Å². The fourth-order valence-corrected chi connectivity index (χ4v) is 4.93. The van der Waals surface area contributed by atoms with Crippen molar-refractivity contribution in [2.45, 2.75) is 43.9 Å². The number of allylic oxidation sites excluding steroid dienone is 2. The van der Waals surface area contributed by atoms with E-state index in [0.717, 1.165) is 23.6 Å². The lowest BCUT2D eigenvalue weighted by Gasteiger charge is -2.33. The Bertz CT molecular complexity index is 1190. The van der Waals surface area contributed by atoms with Gasteiger partial charge in [0, 0.05) is 25.8 Å². The summed E-state index contributed by atoms with van der Waals surface area (Å²) >= 11 is 0. The Hall–Kier alpha value is -2.47.